The summed E-state index contributed by atoms with van der Waals surface area (Å²) < 4.78 is 26.0. The SMILES string of the molecule is CCC(C)c1ccc(NC(=O)c2ccc(NS(=O)(=O)C(C)(C)C)cc2)cc1. The van der Waals surface area contributed by atoms with Crippen LogP contribution in [-0.4, -0.2) is 19.1 Å². The first-order chi connectivity index (χ1) is 12.5. The summed E-state index contributed by atoms with van der Waals surface area (Å²) >= 11 is 0. The van der Waals surface area contributed by atoms with E-state index in [-0.39, 0.29) is 5.91 Å². The zero-order valence-corrected chi connectivity index (χ0v) is 17.4. The maximum atomic E-state index is 12.4. The predicted octanol–water partition coefficient (Wildman–Crippen LogP) is 4.99. The van der Waals surface area contributed by atoms with Crippen LogP contribution >= 0.6 is 0 Å². The van der Waals surface area contributed by atoms with Gasteiger partial charge in [-0.25, -0.2) is 8.42 Å². The second-order valence-electron chi connectivity index (χ2n) is 7.68. The van der Waals surface area contributed by atoms with E-state index in [9.17, 15) is 13.2 Å². The lowest BCUT2D eigenvalue weighted by molar-refractivity contribution is 0.102. The van der Waals surface area contributed by atoms with E-state index in [0.29, 0.717) is 17.2 Å². The fraction of sp³-hybridized carbons (Fsp3) is 0.381. The number of hydrogen-bond donors (Lipinski definition) is 2. The van der Waals surface area contributed by atoms with Crippen LogP contribution in [-0.2, 0) is 10.0 Å². The molecule has 0 aliphatic rings. The third-order valence-corrected chi connectivity index (χ3v) is 6.67. The molecular formula is C21H28N2O3S. The van der Waals surface area contributed by atoms with Gasteiger partial charge in [-0.05, 0) is 75.1 Å². The fourth-order valence-electron chi connectivity index (χ4n) is 2.33. The van der Waals surface area contributed by atoms with Crippen molar-refractivity contribution in [1.29, 1.82) is 0 Å². The highest BCUT2D eigenvalue weighted by molar-refractivity contribution is 7.94. The van der Waals surface area contributed by atoms with Crippen LogP contribution in [0.2, 0.25) is 0 Å². The molecule has 146 valence electrons. The molecule has 6 heteroatoms. The molecule has 0 bridgehead atoms. The Balaban J connectivity index is 2.05. The molecule has 27 heavy (non-hydrogen) atoms. The second kappa shape index (κ2) is 8.13. The third-order valence-electron chi connectivity index (χ3n) is 4.56. The number of nitrogens with one attached hydrogen (secondary N) is 2. The molecule has 0 heterocycles. The standard InChI is InChI=1S/C21H28N2O3S/c1-6-15(2)16-7-11-18(12-8-16)22-20(24)17-9-13-19(14-10-17)23-27(25,26)21(3,4)5/h7-15,23H,6H2,1-5H3,(H,22,24). The van der Waals surface area contributed by atoms with Gasteiger partial charge in [0.05, 0.1) is 4.75 Å². The van der Waals surface area contributed by atoms with Crippen molar-refractivity contribution in [3.05, 3.63) is 59.7 Å². The van der Waals surface area contributed by atoms with Gasteiger partial charge in [0.25, 0.3) is 5.91 Å². The summed E-state index contributed by atoms with van der Waals surface area (Å²) in [7, 11) is -3.50. The molecule has 0 saturated heterocycles. The summed E-state index contributed by atoms with van der Waals surface area (Å²) in [4.78, 5) is 12.4. The highest BCUT2D eigenvalue weighted by atomic mass is 32.2. The van der Waals surface area contributed by atoms with Gasteiger partial charge < -0.3 is 5.32 Å². The smallest absolute Gasteiger partial charge is 0.255 e. The molecule has 2 N–H and O–H groups in total. The summed E-state index contributed by atoms with van der Waals surface area (Å²) in [6.07, 6.45) is 1.07. The highest BCUT2D eigenvalue weighted by Crippen LogP contribution is 2.22. The number of amides is 1. The van der Waals surface area contributed by atoms with E-state index in [1.165, 1.54) is 5.56 Å². The Hall–Kier alpha value is -2.34. The summed E-state index contributed by atoms with van der Waals surface area (Å²) in [5, 5.41) is 2.86. The van der Waals surface area contributed by atoms with Gasteiger partial charge in [0.1, 0.15) is 0 Å². The van der Waals surface area contributed by atoms with Crippen molar-refractivity contribution in [3.8, 4) is 0 Å². The largest absolute Gasteiger partial charge is 0.322 e. The van der Waals surface area contributed by atoms with Gasteiger partial charge in [-0.1, -0.05) is 26.0 Å². The first-order valence-electron chi connectivity index (χ1n) is 9.07. The van der Waals surface area contributed by atoms with Crippen LogP contribution in [0, 0.1) is 0 Å². The van der Waals surface area contributed by atoms with Crippen LogP contribution in [0.1, 0.15) is 62.9 Å². The lowest BCUT2D eigenvalue weighted by atomic mass is 9.98. The predicted molar refractivity (Wildman–Crippen MR) is 112 cm³/mol. The van der Waals surface area contributed by atoms with Gasteiger partial charge in [0, 0.05) is 16.9 Å². The second-order valence-corrected chi connectivity index (χ2v) is 10.1. The van der Waals surface area contributed by atoms with E-state index in [1.54, 1.807) is 45.0 Å². The maximum absolute atomic E-state index is 12.4. The van der Waals surface area contributed by atoms with Crippen LogP contribution in [0.5, 0.6) is 0 Å². The minimum atomic E-state index is -3.50. The van der Waals surface area contributed by atoms with Crippen molar-refractivity contribution in [1.82, 2.24) is 0 Å². The number of hydrogen-bond acceptors (Lipinski definition) is 3. The summed E-state index contributed by atoms with van der Waals surface area (Å²) in [5.41, 5.74) is 2.86. The van der Waals surface area contributed by atoms with Gasteiger partial charge >= 0.3 is 0 Å². The molecule has 2 aromatic carbocycles. The Morgan fingerprint density at radius 3 is 1.96 bits per heavy atom. The Morgan fingerprint density at radius 2 is 1.48 bits per heavy atom. The molecule has 0 spiro atoms. The Kier molecular flexibility index (Phi) is 6.31. The van der Waals surface area contributed by atoms with E-state index in [0.717, 1.165) is 12.1 Å². The van der Waals surface area contributed by atoms with Crippen molar-refractivity contribution in [2.45, 2.75) is 51.7 Å². The molecule has 5 nitrogen and oxygen atoms in total. The van der Waals surface area contributed by atoms with E-state index >= 15 is 0 Å². The van der Waals surface area contributed by atoms with Crippen LogP contribution in [0.4, 0.5) is 11.4 Å². The van der Waals surface area contributed by atoms with Gasteiger partial charge in [0.2, 0.25) is 10.0 Å². The lowest BCUT2D eigenvalue weighted by Gasteiger charge is -2.20. The van der Waals surface area contributed by atoms with Gasteiger partial charge in [-0.15, -0.1) is 0 Å². The molecule has 0 fully saturated rings. The molecule has 0 aromatic heterocycles. The number of anilines is 2. The minimum absolute atomic E-state index is 0.239. The number of rotatable bonds is 6. The molecule has 0 aliphatic heterocycles. The molecular weight excluding hydrogens is 360 g/mol. The molecule has 2 rings (SSSR count). The summed E-state index contributed by atoms with van der Waals surface area (Å²) in [6.45, 7) is 9.20. The van der Waals surface area contributed by atoms with Gasteiger partial charge in [-0.2, -0.15) is 0 Å². The fourth-order valence-corrected chi connectivity index (χ4v) is 3.08. The van der Waals surface area contributed by atoms with Crippen molar-refractivity contribution in [3.63, 3.8) is 0 Å². The van der Waals surface area contributed by atoms with Crippen molar-refractivity contribution in [2.75, 3.05) is 10.0 Å². The molecule has 2 aromatic rings. The van der Waals surface area contributed by atoms with Gasteiger partial charge in [0.15, 0.2) is 0 Å². The Bertz CT molecular complexity index is 881. The first kappa shape index (κ1) is 21.0. The Labute approximate surface area is 162 Å². The molecule has 0 radical (unpaired) electrons. The maximum Gasteiger partial charge on any atom is 0.255 e. The lowest BCUT2D eigenvalue weighted by Crippen LogP contribution is -2.33. The zero-order chi connectivity index (χ0) is 20.2. The third kappa shape index (κ3) is 5.32. The first-order valence-corrected chi connectivity index (χ1v) is 10.6. The van der Waals surface area contributed by atoms with E-state index in [2.05, 4.69) is 23.9 Å². The van der Waals surface area contributed by atoms with Crippen LogP contribution in [0.25, 0.3) is 0 Å². The zero-order valence-electron chi connectivity index (χ0n) is 16.5. The van der Waals surface area contributed by atoms with Crippen molar-refractivity contribution in [2.24, 2.45) is 0 Å². The monoisotopic (exact) mass is 388 g/mol. The van der Waals surface area contributed by atoms with Crippen molar-refractivity contribution < 1.29 is 13.2 Å². The summed E-state index contributed by atoms with van der Waals surface area (Å²) in [6, 6.07) is 14.2. The average molecular weight is 389 g/mol. The van der Waals surface area contributed by atoms with E-state index in [1.807, 2.05) is 24.3 Å². The number of carbonyl (C=O) groups excluding carboxylic acids is 1. The van der Waals surface area contributed by atoms with Crippen LogP contribution in [0.15, 0.2) is 48.5 Å². The molecule has 1 amide bonds. The molecule has 1 atom stereocenters. The Morgan fingerprint density at radius 1 is 0.963 bits per heavy atom. The number of carbonyl (C=O) groups is 1. The molecule has 0 aliphatic carbocycles. The average Bonchev–Trinajstić information content (AvgIpc) is 2.61. The molecule has 1 unspecified atom stereocenters. The number of benzene rings is 2. The summed E-state index contributed by atoms with van der Waals surface area (Å²) in [5.74, 6) is 0.246. The quantitative estimate of drug-likeness (QED) is 0.732. The normalized spacial score (nSPS) is 13.1. The molecule has 0 saturated carbocycles. The van der Waals surface area contributed by atoms with Crippen LogP contribution in [0.3, 0.4) is 0 Å². The van der Waals surface area contributed by atoms with E-state index < -0.39 is 14.8 Å². The van der Waals surface area contributed by atoms with E-state index in [4.69, 9.17) is 0 Å². The highest BCUT2D eigenvalue weighted by Gasteiger charge is 2.28. The van der Waals surface area contributed by atoms with Crippen LogP contribution < -0.4 is 10.0 Å². The topological polar surface area (TPSA) is 75.3 Å². The number of sulfonamides is 1. The van der Waals surface area contributed by atoms with Crippen molar-refractivity contribution >= 4 is 27.3 Å². The van der Waals surface area contributed by atoms with Gasteiger partial charge in [-0.3, -0.25) is 9.52 Å². The minimum Gasteiger partial charge on any atom is -0.322 e.